The first-order chi connectivity index (χ1) is 9.44. The molecule has 2 rings (SSSR count). The van der Waals surface area contributed by atoms with Gasteiger partial charge in [0.05, 0.1) is 23.0 Å². The minimum Gasteiger partial charge on any atom is -0.364 e. The third-order valence-electron chi connectivity index (χ3n) is 2.62. The number of amides is 1. The zero-order valence-corrected chi connectivity index (χ0v) is 11.4. The smallest absolute Gasteiger partial charge is 0.268 e. The van der Waals surface area contributed by atoms with Gasteiger partial charge >= 0.3 is 0 Å². The molecule has 0 fully saturated rings. The number of aromatic nitrogens is 2. The van der Waals surface area contributed by atoms with Crippen LogP contribution in [-0.4, -0.2) is 31.3 Å². The Morgan fingerprint density at radius 1 is 1.20 bits per heavy atom. The molecule has 0 atom stereocenters. The van der Waals surface area contributed by atoms with Crippen LogP contribution in [0.5, 0.6) is 0 Å². The van der Waals surface area contributed by atoms with Gasteiger partial charge in [-0.25, -0.2) is 18.1 Å². The second-order valence-electron chi connectivity index (χ2n) is 3.89. The zero-order chi connectivity index (χ0) is 14.8. The van der Waals surface area contributed by atoms with E-state index in [-0.39, 0.29) is 10.6 Å². The van der Waals surface area contributed by atoms with E-state index in [2.05, 4.69) is 14.7 Å². The largest absolute Gasteiger partial charge is 0.364 e. The highest BCUT2D eigenvalue weighted by Gasteiger charge is 2.12. The van der Waals surface area contributed by atoms with E-state index in [9.17, 15) is 13.2 Å². The van der Waals surface area contributed by atoms with Crippen LogP contribution in [0.15, 0.2) is 41.6 Å². The van der Waals surface area contributed by atoms with Gasteiger partial charge < -0.3 is 5.73 Å². The third-order valence-corrected chi connectivity index (χ3v) is 4.05. The minimum atomic E-state index is -3.48. The monoisotopic (exact) mass is 292 g/mol. The molecule has 1 amide bonds. The number of nitrogens with zero attached hydrogens (tertiary/aromatic N) is 2. The van der Waals surface area contributed by atoms with E-state index in [1.165, 1.54) is 31.6 Å². The normalized spacial score (nSPS) is 11.2. The molecule has 1 aromatic heterocycles. The summed E-state index contributed by atoms with van der Waals surface area (Å²) in [5, 5.41) is 0. The van der Waals surface area contributed by atoms with E-state index < -0.39 is 15.9 Å². The molecular formula is C12H12N4O3S. The van der Waals surface area contributed by atoms with E-state index in [4.69, 9.17) is 5.73 Å². The molecule has 0 aliphatic carbocycles. The maximum atomic E-state index is 11.6. The maximum absolute atomic E-state index is 11.6. The van der Waals surface area contributed by atoms with Gasteiger partial charge in [-0.2, -0.15) is 0 Å². The van der Waals surface area contributed by atoms with Crippen LogP contribution in [0, 0.1) is 0 Å². The molecule has 8 heteroatoms. The Kier molecular flexibility index (Phi) is 3.77. The lowest BCUT2D eigenvalue weighted by molar-refractivity contribution is 0.0995. The van der Waals surface area contributed by atoms with Crippen LogP contribution in [-0.2, 0) is 10.0 Å². The quantitative estimate of drug-likeness (QED) is 0.832. The average Bonchev–Trinajstić information content (AvgIpc) is 2.47. The number of carbonyl (C=O) groups excluding carboxylic acids is 1. The molecule has 0 aliphatic rings. The summed E-state index contributed by atoms with van der Waals surface area (Å²) in [6, 6.07) is 6.05. The summed E-state index contributed by atoms with van der Waals surface area (Å²) in [6.07, 6.45) is 2.74. The Bertz CT molecular complexity index is 742. The SMILES string of the molecule is CNS(=O)(=O)c1ccc(-c2cncc(C(N)=O)n2)cc1. The van der Waals surface area contributed by atoms with Crippen LogP contribution in [0.4, 0.5) is 0 Å². The molecule has 0 radical (unpaired) electrons. The van der Waals surface area contributed by atoms with Crippen molar-refractivity contribution in [1.82, 2.24) is 14.7 Å². The van der Waals surface area contributed by atoms with E-state index in [0.717, 1.165) is 0 Å². The zero-order valence-electron chi connectivity index (χ0n) is 10.6. The van der Waals surface area contributed by atoms with Gasteiger partial charge in [-0.3, -0.25) is 9.78 Å². The van der Waals surface area contributed by atoms with Crippen molar-refractivity contribution in [3.05, 3.63) is 42.4 Å². The Labute approximate surface area is 115 Å². The Hall–Kier alpha value is -2.32. The highest BCUT2D eigenvalue weighted by Crippen LogP contribution is 2.18. The highest BCUT2D eigenvalue weighted by atomic mass is 32.2. The van der Waals surface area contributed by atoms with E-state index in [1.54, 1.807) is 12.1 Å². The number of hydrogen-bond donors (Lipinski definition) is 2. The lowest BCUT2D eigenvalue weighted by atomic mass is 10.1. The van der Waals surface area contributed by atoms with E-state index in [0.29, 0.717) is 11.3 Å². The fourth-order valence-corrected chi connectivity index (χ4v) is 2.28. The van der Waals surface area contributed by atoms with Gasteiger partial charge in [0.25, 0.3) is 5.91 Å². The molecule has 20 heavy (non-hydrogen) atoms. The second-order valence-corrected chi connectivity index (χ2v) is 5.77. The Balaban J connectivity index is 2.40. The summed E-state index contributed by atoms with van der Waals surface area (Å²) in [6.45, 7) is 0. The van der Waals surface area contributed by atoms with Crippen molar-refractivity contribution in [3.8, 4) is 11.3 Å². The van der Waals surface area contributed by atoms with Crippen LogP contribution < -0.4 is 10.5 Å². The van der Waals surface area contributed by atoms with Crippen LogP contribution >= 0.6 is 0 Å². The molecular weight excluding hydrogens is 280 g/mol. The molecule has 7 nitrogen and oxygen atoms in total. The van der Waals surface area contributed by atoms with Crippen LogP contribution in [0.3, 0.4) is 0 Å². The molecule has 0 bridgehead atoms. The Morgan fingerprint density at radius 3 is 2.40 bits per heavy atom. The number of hydrogen-bond acceptors (Lipinski definition) is 5. The van der Waals surface area contributed by atoms with Gasteiger partial charge in [0.15, 0.2) is 0 Å². The van der Waals surface area contributed by atoms with Crippen molar-refractivity contribution in [2.45, 2.75) is 4.90 Å². The summed E-state index contributed by atoms with van der Waals surface area (Å²) in [5.41, 5.74) is 6.26. The number of sulfonamides is 1. The molecule has 0 aliphatic heterocycles. The molecule has 0 unspecified atom stereocenters. The third kappa shape index (κ3) is 2.81. The van der Waals surface area contributed by atoms with Crippen molar-refractivity contribution in [2.75, 3.05) is 7.05 Å². The maximum Gasteiger partial charge on any atom is 0.268 e. The van der Waals surface area contributed by atoms with Crippen molar-refractivity contribution in [3.63, 3.8) is 0 Å². The first-order valence-electron chi connectivity index (χ1n) is 5.60. The number of nitrogens with two attached hydrogens (primary N) is 1. The lowest BCUT2D eigenvalue weighted by Gasteiger charge is -2.05. The summed E-state index contributed by atoms with van der Waals surface area (Å²) < 4.78 is 25.4. The van der Waals surface area contributed by atoms with Crippen molar-refractivity contribution in [1.29, 1.82) is 0 Å². The fraction of sp³-hybridized carbons (Fsp3) is 0.0833. The fourth-order valence-electron chi connectivity index (χ4n) is 1.55. The van der Waals surface area contributed by atoms with Crippen LogP contribution in [0.2, 0.25) is 0 Å². The molecule has 2 aromatic rings. The molecule has 3 N–H and O–H groups in total. The second kappa shape index (κ2) is 5.35. The summed E-state index contributed by atoms with van der Waals surface area (Å²) in [5.74, 6) is -0.672. The Morgan fingerprint density at radius 2 is 1.85 bits per heavy atom. The van der Waals surface area contributed by atoms with Crippen molar-refractivity contribution in [2.24, 2.45) is 5.73 Å². The summed E-state index contributed by atoms with van der Waals surface area (Å²) in [4.78, 5) is 19.1. The standard InChI is InChI=1S/C12H12N4O3S/c1-14-20(18,19)9-4-2-8(3-5-9)10-6-15-7-11(16-10)12(13)17/h2-7,14H,1H3,(H2,13,17). The molecule has 1 heterocycles. The van der Waals surface area contributed by atoms with Crippen LogP contribution in [0.1, 0.15) is 10.5 Å². The van der Waals surface area contributed by atoms with Crippen molar-refractivity contribution >= 4 is 15.9 Å². The highest BCUT2D eigenvalue weighted by molar-refractivity contribution is 7.89. The molecule has 0 spiro atoms. The molecule has 0 saturated carbocycles. The first-order valence-corrected chi connectivity index (χ1v) is 7.08. The molecule has 0 saturated heterocycles. The predicted molar refractivity (Wildman–Crippen MR) is 72.2 cm³/mol. The van der Waals surface area contributed by atoms with E-state index >= 15 is 0 Å². The number of nitrogens with one attached hydrogen (secondary N) is 1. The van der Waals surface area contributed by atoms with E-state index in [1.807, 2.05) is 0 Å². The van der Waals surface area contributed by atoms with Crippen molar-refractivity contribution < 1.29 is 13.2 Å². The molecule has 104 valence electrons. The number of carbonyl (C=O) groups is 1. The summed E-state index contributed by atoms with van der Waals surface area (Å²) in [7, 11) is -2.14. The topological polar surface area (TPSA) is 115 Å². The van der Waals surface area contributed by atoms with Gasteiger partial charge in [0.1, 0.15) is 5.69 Å². The number of benzene rings is 1. The van der Waals surface area contributed by atoms with Gasteiger partial charge in [-0.15, -0.1) is 0 Å². The lowest BCUT2D eigenvalue weighted by Crippen LogP contribution is -2.18. The average molecular weight is 292 g/mol. The first kappa shape index (κ1) is 14.1. The van der Waals surface area contributed by atoms with Crippen LogP contribution in [0.25, 0.3) is 11.3 Å². The van der Waals surface area contributed by atoms with Gasteiger partial charge in [-0.1, -0.05) is 12.1 Å². The van der Waals surface area contributed by atoms with Gasteiger partial charge in [0, 0.05) is 5.56 Å². The predicted octanol–water partition coefficient (Wildman–Crippen LogP) is 0.151. The number of rotatable bonds is 4. The number of primary amides is 1. The molecule has 1 aromatic carbocycles. The minimum absolute atomic E-state index is 0.0504. The van der Waals surface area contributed by atoms with Gasteiger partial charge in [0.2, 0.25) is 10.0 Å². The van der Waals surface area contributed by atoms with Gasteiger partial charge in [-0.05, 0) is 19.2 Å². The summed E-state index contributed by atoms with van der Waals surface area (Å²) >= 11 is 0.